The van der Waals surface area contributed by atoms with Crippen molar-refractivity contribution in [1.29, 1.82) is 0 Å². The Morgan fingerprint density at radius 2 is 1.27 bits per heavy atom. The summed E-state index contributed by atoms with van der Waals surface area (Å²) in [6.45, 7) is 4.12. The molecule has 1 aromatic rings. The molecule has 0 aliphatic rings. The quantitative estimate of drug-likeness (QED) is 0.527. The minimum atomic E-state index is 0. The second kappa shape index (κ2) is 4.73. The lowest BCUT2D eigenvalue weighted by Crippen LogP contribution is -2.22. The van der Waals surface area contributed by atoms with Gasteiger partial charge < -0.3 is 0 Å². The number of benzene rings is 1. The van der Waals surface area contributed by atoms with Crippen molar-refractivity contribution in [3.05, 3.63) is 34.7 Å². The lowest BCUT2D eigenvalue weighted by molar-refractivity contribution is 1.50. The fourth-order valence-corrected chi connectivity index (χ4v) is 1.04. The third-order valence-corrected chi connectivity index (χ3v) is 1.62. The van der Waals surface area contributed by atoms with Crippen molar-refractivity contribution in [3.63, 3.8) is 0 Å². The van der Waals surface area contributed by atoms with Gasteiger partial charge in [0.2, 0.25) is 0 Å². The van der Waals surface area contributed by atoms with E-state index >= 15 is 0 Å². The summed E-state index contributed by atoms with van der Waals surface area (Å²) in [6.07, 6.45) is 4.24. The summed E-state index contributed by atoms with van der Waals surface area (Å²) in [7, 11) is 0. The maximum absolute atomic E-state index is 2.12. The highest BCUT2D eigenvalue weighted by Gasteiger charge is 1.77. The van der Waals surface area contributed by atoms with E-state index in [0.717, 1.165) is 0 Å². The van der Waals surface area contributed by atoms with Gasteiger partial charge in [0.15, 0.2) is 0 Å². The molecule has 0 aliphatic carbocycles. The standard InChI is InChI=1S/C10H12.CH4/c1-3-9-7-5-6-8-10(9)4-2;/h3-8H,1-2H3;1H4. The van der Waals surface area contributed by atoms with Gasteiger partial charge in [0, 0.05) is 0 Å². The van der Waals surface area contributed by atoms with Gasteiger partial charge in [-0.3, -0.25) is 0 Å². The minimum Gasteiger partial charge on any atom is -0.0798 e. The minimum absolute atomic E-state index is 0. The van der Waals surface area contributed by atoms with E-state index in [9.17, 15) is 0 Å². The van der Waals surface area contributed by atoms with Crippen LogP contribution in [0.2, 0.25) is 0 Å². The second-order valence-electron chi connectivity index (χ2n) is 2.21. The molecule has 0 N–H and O–H groups in total. The van der Waals surface area contributed by atoms with Crippen LogP contribution >= 0.6 is 0 Å². The van der Waals surface area contributed by atoms with Gasteiger partial charge in [-0.1, -0.05) is 43.8 Å². The van der Waals surface area contributed by atoms with E-state index in [-0.39, 0.29) is 7.43 Å². The second-order valence-corrected chi connectivity index (χ2v) is 2.21. The first-order chi connectivity index (χ1) is 4.88. The van der Waals surface area contributed by atoms with Crippen molar-refractivity contribution >= 4 is 12.2 Å². The molecule has 0 atom stereocenters. The highest BCUT2D eigenvalue weighted by molar-refractivity contribution is 5.28. The van der Waals surface area contributed by atoms with Gasteiger partial charge in [-0.25, -0.2) is 0 Å². The zero-order chi connectivity index (χ0) is 7.40. The Balaban J connectivity index is 0.000001000. The van der Waals surface area contributed by atoms with E-state index in [4.69, 9.17) is 0 Å². The third-order valence-electron chi connectivity index (χ3n) is 1.62. The fourth-order valence-electron chi connectivity index (χ4n) is 1.04. The van der Waals surface area contributed by atoms with Crippen LogP contribution in [0.5, 0.6) is 0 Å². The first-order valence-electron chi connectivity index (χ1n) is 3.56. The van der Waals surface area contributed by atoms with Crippen molar-refractivity contribution in [2.24, 2.45) is 0 Å². The summed E-state index contributed by atoms with van der Waals surface area (Å²) in [5, 5.41) is 2.62. The molecule has 1 rings (SSSR count). The summed E-state index contributed by atoms with van der Waals surface area (Å²) in [4.78, 5) is 0. The van der Waals surface area contributed by atoms with Crippen LogP contribution in [0.15, 0.2) is 24.3 Å². The van der Waals surface area contributed by atoms with E-state index in [2.05, 4.69) is 50.3 Å². The predicted molar refractivity (Wildman–Crippen MR) is 52.7 cm³/mol. The summed E-state index contributed by atoms with van der Waals surface area (Å²) in [6, 6.07) is 8.36. The zero-order valence-corrected chi connectivity index (χ0v) is 6.46. The molecular formula is C11H16. The van der Waals surface area contributed by atoms with E-state index in [1.54, 1.807) is 0 Å². The average Bonchev–Trinajstić information content (AvgIpc) is 2.04. The topological polar surface area (TPSA) is 0 Å². The van der Waals surface area contributed by atoms with Crippen LogP contribution in [0.3, 0.4) is 0 Å². The molecule has 0 fully saturated rings. The Hall–Kier alpha value is -1.04. The van der Waals surface area contributed by atoms with Crippen LogP contribution in [-0.2, 0) is 0 Å². The lowest BCUT2D eigenvalue weighted by atomic mass is 10.2. The van der Waals surface area contributed by atoms with Crippen molar-refractivity contribution < 1.29 is 0 Å². The van der Waals surface area contributed by atoms with E-state index < -0.39 is 0 Å². The average molecular weight is 148 g/mol. The van der Waals surface area contributed by atoms with Gasteiger partial charge in [-0.05, 0) is 24.3 Å². The van der Waals surface area contributed by atoms with Crippen LogP contribution in [0.25, 0.3) is 12.2 Å². The molecular weight excluding hydrogens is 132 g/mol. The molecule has 0 radical (unpaired) electrons. The first-order valence-corrected chi connectivity index (χ1v) is 3.56. The van der Waals surface area contributed by atoms with Crippen molar-refractivity contribution in [1.82, 2.24) is 0 Å². The number of hydrogen-bond acceptors (Lipinski definition) is 0. The lowest BCUT2D eigenvalue weighted by Gasteiger charge is -1.85. The van der Waals surface area contributed by atoms with E-state index in [0.29, 0.717) is 0 Å². The van der Waals surface area contributed by atoms with Gasteiger partial charge in [0.25, 0.3) is 0 Å². The largest absolute Gasteiger partial charge is 0.0798 e. The van der Waals surface area contributed by atoms with Crippen molar-refractivity contribution in [2.75, 3.05) is 0 Å². The normalized spacial score (nSPS) is 12.9. The van der Waals surface area contributed by atoms with Gasteiger partial charge >= 0.3 is 0 Å². The van der Waals surface area contributed by atoms with Crippen LogP contribution < -0.4 is 10.4 Å². The van der Waals surface area contributed by atoms with E-state index in [1.807, 2.05) is 0 Å². The van der Waals surface area contributed by atoms with Crippen LogP contribution in [0.1, 0.15) is 21.3 Å². The predicted octanol–water partition coefficient (Wildman–Crippen LogP) is 1.92. The third kappa shape index (κ3) is 2.23. The Kier molecular flexibility index (Phi) is 4.28. The van der Waals surface area contributed by atoms with Crippen molar-refractivity contribution in [2.45, 2.75) is 21.3 Å². The molecule has 0 bridgehead atoms. The van der Waals surface area contributed by atoms with Crippen molar-refractivity contribution in [3.8, 4) is 0 Å². The summed E-state index contributed by atoms with van der Waals surface area (Å²) in [5.41, 5.74) is 0. The summed E-state index contributed by atoms with van der Waals surface area (Å²) in [5.74, 6) is 0. The monoisotopic (exact) mass is 148 g/mol. The molecule has 0 heteroatoms. The molecule has 0 unspecified atom stereocenters. The molecule has 0 nitrogen and oxygen atoms in total. The van der Waals surface area contributed by atoms with Gasteiger partial charge in [-0.15, -0.1) is 0 Å². The number of hydrogen-bond donors (Lipinski definition) is 0. The van der Waals surface area contributed by atoms with E-state index in [1.165, 1.54) is 10.4 Å². The van der Waals surface area contributed by atoms with Crippen LogP contribution in [0.4, 0.5) is 0 Å². The highest BCUT2D eigenvalue weighted by atomic mass is 13.8. The Labute approximate surface area is 68.9 Å². The molecule has 0 aliphatic heterocycles. The first kappa shape index (κ1) is 9.96. The van der Waals surface area contributed by atoms with Crippen LogP contribution in [-0.4, -0.2) is 0 Å². The van der Waals surface area contributed by atoms with Gasteiger partial charge in [-0.2, -0.15) is 0 Å². The van der Waals surface area contributed by atoms with Crippen LogP contribution in [0, 0.1) is 0 Å². The maximum atomic E-state index is 2.12. The Morgan fingerprint density at radius 3 is 1.55 bits per heavy atom. The summed E-state index contributed by atoms with van der Waals surface area (Å²) >= 11 is 0. The Bertz CT molecular complexity index is 274. The molecule has 0 aromatic heterocycles. The molecule has 0 heterocycles. The Morgan fingerprint density at radius 1 is 0.909 bits per heavy atom. The molecule has 0 spiro atoms. The highest BCUT2D eigenvalue weighted by Crippen LogP contribution is 1.71. The summed E-state index contributed by atoms with van der Waals surface area (Å²) < 4.78 is 0. The maximum Gasteiger partial charge on any atom is -0.0230 e. The molecule has 60 valence electrons. The molecule has 0 saturated carbocycles. The van der Waals surface area contributed by atoms with Gasteiger partial charge in [0.1, 0.15) is 0 Å². The zero-order valence-electron chi connectivity index (χ0n) is 6.46. The van der Waals surface area contributed by atoms with Gasteiger partial charge in [0.05, 0.1) is 0 Å². The molecule has 0 amide bonds. The molecule has 0 saturated heterocycles. The molecule has 11 heavy (non-hydrogen) atoms. The fraction of sp³-hybridized carbons (Fsp3) is 0.273. The smallest absolute Gasteiger partial charge is 0.0230 e. The SMILES string of the molecule is C.CC=c1ccccc1=CC. The number of rotatable bonds is 0. The molecule has 1 aromatic carbocycles.